The summed E-state index contributed by atoms with van der Waals surface area (Å²) >= 11 is 6.58. The average Bonchev–Trinajstić information content (AvgIpc) is 3.62. The number of nitrogens with one attached hydrogen (secondary N) is 2. The molecule has 10 heteroatoms. The van der Waals surface area contributed by atoms with Gasteiger partial charge in [0.25, 0.3) is 0 Å². The van der Waals surface area contributed by atoms with Gasteiger partial charge in [0.15, 0.2) is 5.82 Å². The Kier molecular flexibility index (Phi) is 7.90. The summed E-state index contributed by atoms with van der Waals surface area (Å²) in [5.74, 6) is 3.03. The summed E-state index contributed by atoms with van der Waals surface area (Å²) in [6, 6.07) is 14.9. The number of nitrogens with zero attached hydrogens (tertiary/aromatic N) is 3. The maximum absolute atomic E-state index is 12.1. The molecule has 3 N–H and O–H groups in total. The van der Waals surface area contributed by atoms with Crippen molar-refractivity contribution in [2.24, 2.45) is 5.92 Å². The Hall–Kier alpha value is -3.82. The van der Waals surface area contributed by atoms with Gasteiger partial charge in [-0.1, -0.05) is 17.7 Å². The van der Waals surface area contributed by atoms with Crippen LogP contribution in [-0.2, 0) is 11.3 Å². The highest BCUT2D eigenvalue weighted by Crippen LogP contribution is 2.35. The highest BCUT2D eigenvalue weighted by molar-refractivity contribution is 6.32. The Balaban J connectivity index is 1.25. The van der Waals surface area contributed by atoms with E-state index in [2.05, 4.69) is 20.6 Å². The first-order chi connectivity index (χ1) is 18.7. The molecule has 1 saturated carbocycles. The molecule has 4 aromatic rings. The molecule has 204 valence electrons. The Labute approximate surface area is 232 Å². The Morgan fingerprint density at radius 1 is 1.15 bits per heavy atom. The zero-order valence-electron chi connectivity index (χ0n) is 22.0. The summed E-state index contributed by atoms with van der Waals surface area (Å²) in [7, 11) is 0. The van der Waals surface area contributed by atoms with Gasteiger partial charge in [0, 0.05) is 31.0 Å². The second kappa shape index (κ2) is 11.5. The average molecular weight is 550 g/mol. The minimum absolute atomic E-state index is 0.0371. The van der Waals surface area contributed by atoms with Gasteiger partial charge < -0.3 is 29.8 Å². The third kappa shape index (κ3) is 7.40. The molecule has 0 bridgehead atoms. The van der Waals surface area contributed by atoms with Crippen molar-refractivity contribution >= 4 is 40.0 Å². The van der Waals surface area contributed by atoms with Crippen LogP contribution in [0.1, 0.15) is 33.1 Å². The number of carbonyl (C=O) groups excluding carboxylic acids is 1. The molecule has 39 heavy (non-hydrogen) atoms. The zero-order chi connectivity index (χ0) is 27.4. The smallest absolute Gasteiger partial charge is 0.222 e. The lowest BCUT2D eigenvalue weighted by Crippen LogP contribution is -2.33. The number of rotatable bonds is 12. The minimum atomic E-state index is -1.05. The van der Waals surface area contributed by atoms with Crippen LogP contribution in [0.5, 0.6) is 17.2 Å². The first-order valence-corrected chi connectivity index (χ1v) is 13.4. The fraction of sp³-hybridized carbons (Fsp3) is 0.345. The second-order valence-corrected chi connectivity index (χ2v) is 10.8. The van der Waals surface area contributed by atoms with Gasteiger partial charge in [-0.15, -0.1) is 0 Å². The van der Waals surface area contributed by atoms with E-state index in [1.807, 2.05) is 47.2 Å². The molecular formula is C29H32ClN5O4. The van der Waals surface area contributed by atoms with Crippen LogP contribution in [0.4, 0.5) is 11.5 Å². The van der Waals surface area contributed by atoms with Crippen LogP contribution in [0.2, 0.25) is 5.02 Å². The SMILES string of the molecule is CC(C)(O)CC(=O)NCCn1ccc2ncnc(Nc3ccc(Oc4cccc(OCC5CC5)c4)c(Cl)c3)c21. The number of fused-ring (bicyclic) bond motifs is 1. The van der Waals surface area contributed by atoms with E-state index in [0.29, 0.717) is 41.3 Å². The molecule has 0 unspecified atom stereocenters. The first kappa shape index (κ1) is 26.8. The first-order valence-electron chi connectivity index (χ1n) is 13.0. The number of ether oxygens (including phenoxy) is 2. The van der Waals surface area contributed by atoms with Gasteiger partial charge in [0.05, 0.1) is 29.2 Å². The van der Waals surface area contributed by atoms with E-state index in [1.54, 1.807) is 26.0 Å². The Bertz CT molecular complexity index is 1460. The number of carbonyl (C=O) groups is 1. The zero-order valence-corrected chi connectivity index (χ0v) is 22.7. The van der Waals surface area contributed by atoms with Crippen molar-refractivity contribution in [1.82, 2.24) is 19.9 Å². The van der Waals surface area contributed by atoms with Gasteiger partial charge in [-0.25, -0.2) is 9.97 Å². The Morgan fingerprint density at radius 2 is 1.97 bits per heavy atom. The third-order valence-corrected chi connectivity index (χ3v) is 6.52. The minimum Gasteiger partial charge on any atom is -0.493 e. The number of hydrogen-bond acceptors (Lipinski definition) is 7. The van der Waals surface area contributed by atoms with Gasteiger partial charge in [-0.05, 0) is 69.0 Å². The number of aliphatic hydroxyl groups is 1. The number of anilines is 2. The molecule has 0 radical (unpaired) electrons. The molecule has 0 spiro atoms. The number of benzene rings is 2. The molecule has 1 fully saturated rings. The van der Waals surface area contributed by atoms with E-state index < -0.39 is 5.60 Å². The van der Waals surface area contributed by atoms with Crippen LogP contribution in [0.15, 0.2) is 61.1 Å². The van der Waals surface area contributed by atoms with Crippen molar-refractivity contribution in [2.45, 2.75) is 45.3 Å². The van der Waals surface area contributed by atoms with Crippen molar-refractivity contribution in [1.29, 1.82) is 0 Å². The molecule has 1 aliphatic carbocycles. The number of aromatic nitrogens is 3. The number of halogens is 1. The summed E-state index contributed by atoms with van der Waals surface area (Å²) < 4.78 is 13.8. The van der Waals surface area contributed by atoms with Gasteiger partial charge in [0.2, 0.25) is 5.91 Å². The van der Waals surface area contributed by atoms with E-state index in [-0.39, 0.29) is 12.3 Å². The molecule has 1 aliphatic rings. The maximum atomic E-state index is 12.1. The fourth-order valence-corrected chi connectivity index (χ4v) is 4.35. The predicted molar refractivity (Wildman–Crippen MR) is 151 cm³/mol. The molecule has 0 aliphatic heterocycles. The summed E-state index contributed by atoms with van der Waals surface area (Å²) in [6.07, 6.45) is 5.91. The van der Waals surface area contributed by atoms with Crippen molar-refractivity contribution in [2.75, 3.05) is 18.5 Å². The monoisotopic (exact) mass is 549 g/mol. The highest BCUT2D eigenvalue weighted by Gasteiger charge is 2.22. The van der Waals surface area contributed by atoms with Crippen molar-refractivity contribution in [3.8, 4) is 17.2 Å². The van der Waals surface area contributed by atoms with Crippen molar-refractivity contribution in [3.05, 3.63) is 66.1 Å². The van der Waals surface area contributed by atoms with Crippen LogP contribution in [-0.4, -0.2) is 44.3 Å². The number of hydrogen-bond donors (Lipinski definition) is 3. The second-order valence-electron chi connectivity index (χ2n) is 10.4. The van der Waals surface area contributed by atoms with Gasteiger partial charge in [-0.2, -0.15) is 0 Å². The molecular weight excluding hydrogens is 518 g/mol. The van der Waals surface area contributed by atoms with E-state index in [9.17, 15) is 9.90 Å². The topological polar surface area (TPSA) is 111 Å². The van der Waals surface area contributed by atoms with Gasteiger partial charge in [0.1, 0.15) is 29.1 Å². The predicted octanol–water partition coefficient (Wildman–Crippen LogP) is 5.69. The van der Waals surface area contributed by atoms with E-state index in [1.165, 1.54) is 19.2 Å². The van der Waals surface area contributed by atoms with Crippen LogP contribution < -0.4 is 20.1 Å². The molecule has 2 aromatic heterocycles. The van der Waals surface area contributed by atoms with E-state index in [0.717, 1.165) is 29.1 Å². The Morgan fingerprint density at radius 3 is 2.74 bits per heavy atom. The molecule has 0 atom stereocenters. The molecule has 1 amide bonds. The summed E-state index contributed by atoms with van der Waals surface area (Å²) in [5.41, 5.74) is 1.25. The van der Waals surface area contributed by atoms with Gasteiger partial charge >= 0.3 is 0 Å². The van der Waals surface area contributed by atoms with E-state index >= 15 is 0 Å². The van der Waals surface area contributed by atoms with Crippen LogP contribution in [0.3, 0.4) is 0 Å². The van der Waals surface area contributed by atoms with Crippen LogP contribution in [0.25, 0.3) is 11.0 Å². The summed E-state index contributed by atoms with van der Waals surface area (Å²) in [4.78, 5) is 20.9. The number of amides is 1. The summed E-state index contributed by atoms with van der Waals surface area (Å²) in [6.45, 7) is 4.86. The van der Waals surface area contributed by atoms with E-state index in [4.69, 9.17) is 21.1 Å². The lowest BCUT2D eigenvalue weighted by atomic mass is 10.1. The lowest BCUT2D eigenvalue weighted by molar-refractivity contribution is -0.124. The normalized spacial score (nSPS) is 13.3. The van der Waals surface area contributed by atoms with Crippen LogP contribution in [0, 0.1) is 5.92 Å². The van der Waals surface area contributed by atoms with Gasteiger partial charge in [-0.3, -0.25) is 4.79 Å². The molecule has 9 nitrogen and oxygen atoms in total. The quantitative estimate of drug-likeness (QED) is 0.208. The highest BCUT2D eigenvalue weighted by atomic mass is 35.5. The molecule has 2 aromatic carbocycles. The van der Waals surface area contributed by atoms with Crippen molar-refractivity contribution in [3.63, 3.8) is 0 Å². The third-order valence-electron chi connectivity index (χ3n) is 6.23. The van der Waals surface area contributed by atoms with Crippen molar-refractivity contribution < 1.29 is 19.4 Å². The molecule has 0 saturated heterocycles. The largest absolute Gasteiger partial charge is 0.493 e. The lowest BCUT2D eigenvalue weighted by Gasteiger charge is -2.16. The standard InChI is InChI=1S/C29H32ClN5O4/c1-29(2,37)16-26(36)31-11-13-35-12-10-24-27(35)28(33-18-32-24)34-20-8-9-25(23(30)14-20)39-22-5-3-4-21(15-22)38-17-19-6-7-19/h3-5,8-10,12,14-15,18-19,37H,6-7,11,13,16-17H2,1-2H3,(H,31,36)(H,32,33,34). The molecule has 5 rings (SSSR count). The maximum Gasteiger partial charge on any atom is 0.222 e. The van der Waals surface area contributed by atoms with Crippen LogP contribution >= 0.6 is 11.6 Å². The summed E-state index contributed by atoms with van der Waals surface area (Å²) in [5, 5.41) is 16.4. The fourth-order valence-electron chi connectivity index (χ4n) is 4.13. The molecule has 2 heterocycles.